The van der Waals surface area contributed by atoms with Crippen molar-refractivity contribution in [2.45, 2.75) is 19.4 Å². The van der Waals surface area contributed by atoms with Gasteiger partial charge >= 0.3 is 5.97 Å². The second-order valence-corrected chi connectivity index (χ2v) is 3.01. The lowest BCUT2D eigenvalue weighted by atomic mass is 10.2. The first-order valence-electron chi connectivity index (χ1n) is 4.68. The Morgan fingerprint density at radius 1 is 1.40 bits per heavy atom. The van der Waals surface area contributed by atoms with Gasteiger partial charge < -0.3 is 19.9 Å². The lowest BCUT2D eigenvalue weighted by molar-refractivity contribution is -0.143. The zero-order chi connectivity index (χ0) is 11.7. The topological polar surface area (TPSA) is 84.9 Å². The first-order valence-corrected chi connectivity index (χ1v) is 4.68. The van der Waals surface area contributed by atoms with Crippen LogP contribution in [0.25, 0.3) is 0 Å². The number of carbonyl (C=O) groups is 2. The maximum Gasteiger partial charge on any atom is 0.329 e. The van der Waals surface area contributed by atoms with E-state index in [9.17, 15) is 9.59 Å². The fraction of sp³-hybridized carbons (Fsp3) is 0.778. The van der Waals surface area contributed by atoms with Crippen LogP contribution in [0.15, 0.2) is 0 Å². The van der Waals surface area contributed by atoms with E-state index in [4.69, 9.17) is 9.84 Å². The number of carbonyl (C=O) groups excluding carboxylic acids is 1. The number of aliphatic carboxylic acids is 1. The van der Waals surface area contributed by atoms with Gasteiger partial charge in [-0.2, -0.15) is 0 Å². The number of amides is 1. The average Bonchev–Trinajstić information content (AvgIpc) is 2.16. The van der Waals surface area contributed by atoms with E-state index in [1.165, 1.54) is 0 Å². The summed E-state index contributed by atoms with van der Waals surface area (Å²) in [6, 6.07) is -0.0593. The van der Waals surface area contributed by atoms with Crippen LogP contribution >= 0.6 is 0 Å². The molecule has 1 amide bonds. The minimum Gasteiger partial charge on any atom is -0.480 e. The molecule has 0 spiro atoms. The molecule has 0 aliphatic heterocycles. The fourth-order valence-corrected chi connectivity index (χ4v) is 0.963. The Morgan fingerprint density at radius 2 is 2.07 bits per heavy atom. The summed E-state index contributed by atoms with van der Waals surface area (Å²) in [4.78, 5) is 21.3. The minimum absolute atomic E-state index is 0.0593. The highest BCUT2D eigenvalue weighted by molar-refractivity contribution is 5.78. The van der Waals surface area contributed by atoms with E-state index in [2.05, 4.69) is 10.1 Å². The highest BCUT2D eigenvalue weighted by atomic mass is 16.5. The molecule has 6 heteroatoms. The van der Waals surface area contributed by atoms with Crippen LogP contribution in [0.1, 0.15) is 13.3 Å². The van der Waals surface area contributed by atoms with E-state index in [0.717, 1.165) is 6.42 Å². The molecular formula is C9H17NO5. The van der Waals surface area contributed by atoms with Gasteiger partial charge in [-0.15, -0.1) is 0 Å². The monoisotopic (exact) mass is 219 g/mol. The van der Waals surface area contributed by atoms with Crippen LogP contribution in [0.2, 0.25) is 0 Å². The van der Waals surface area contributed by atoms with Gasteiger partial charge in [-0.3, -0.25) is 4.79 Å². The molecule has 0 aliphatic carbocycles. The third-order valence-electron chi connectivity index (χ3n) is 1.68. The third-order valence-corrected chi connectivity index (χ3v) is 1.68. The molecule has 0 bridgehead atoms. The van der Waals surface area contributed by atoms with Crippen LogP contribution in [-0.4, -0.2) is 50.0 Å². The number of nitrogens with one attached hydrogen (secondary N) is 1. The Bertz CT molecular complexity index is 207. The first kappa shape index (κ1) is 13.9. The average molecular weight is 219 g/mol. The Hall–Kier alpha value is -1.14. The summed E-state index contributed by atoms with van der Waals surface area (Å²) < 4.78 is 9.52. The molecule has 88 valence electrons. The molecule has 1 atom stereocenters. The highest BCUT2D eigenvalue weighted by Gasteiger charge is 2.10. The molecule has 6 nitrogen and oxygen atoms in total. The van der Waals surface area contributed by atoms with Crippen molar-refractivity contribution in [1.29, 1.82) is 0 Å². The Labute approximate surface area is 88.6 Å². The smallest absolute Gasteiger partial charge is 0.329 e. The van der Waals surface area contributed by atoms with Gasteiger partial charge in [0.2, 0.25) is 5.91 Å². The number of carboxylic acid groups (broad SMARTS) is 1. The molecule has 15 heavy (non-hydrogen) atoms. The lowest BCUT2D eigenvalue weighted by Gasteiger charge is -2.15. The van der Waals surface area contributed by atoms with Crippen LogP contribution < -0.4 is 5.32 Å². The molecule has 0 saturated heterocycles. The van der Waals surface area contributed by atoms with E-state index in [1.54, 1.807) is 7.11 Å². The summed E-state index contributed by atoms with van der Waals surface area (Å²) >= 11 is 0. The molecule has 0 heterocycles. The summed E-state index contributed by atoms with van der Waals surface area (Å²) in [6.45, 7) is 1.64. The van der Waals surface area contributed by atoms with E-state index in [1.807, 2.05) is 6.92 Å². The maximum atomic E-state index is 11.2. The summed E-state index contributed by atoms with van der Waals surface area (Å²) in [5.74, 6) is -1.42. The summed E-state index contributed by atoms with van der Waals surface area (Å²) in [5, 5.41) is 10.9. The normalized spacial score (nSPS) is 12.1. The van der Waals surface area contributed by atoms with E-state index in [0.29, 0.717) is 6.61 Å². The van der Waals surface area contributed by atoms with Gasteiger partial charge in [0.25, 0.3) is 0 Å². The van der Waals surface area contributed by atoms with Gasteiger partial charge in [0, 0.05) is 7.11 Å². The molecular weight excluding hydrogens is 202 g/mol. The van der Waals surface area contributed by atoms with Gasteiger partial charge in [-0.05, 0) is 6.42 Å². The Morgan fingerprint density at radius 3 is 2.53 bits per heavy atom. The van der Waals surface area contributed by atoms with E-state index < -0.39 is 12.6 Å². The molecule has 0 rings (SSSR count). The predicted octanol–water partition coefficient (Wildman–Crippen LogP) is -0.371. The third kappa shape index (κ3) is 7.90. The van der Waals surface area contributed by atoms with Crippen LogP contribution in [-0.2, 0) is 19.1 Å². The van der Waals surface area contributed by atoms with Gasteiger partial charge in [0.15, 0.2) is 0 Å². The second kappa shape index (κ2) is 8.19. The molecule has 1 unspecified atom stereocenters. The summed E-state index contributed by atoms with van der Waals surface area (Å²) in [7, 11) is 1.55. The second-order valence-electron chi connectivity index (χ2n) is 3.01. The van der Waals surface area contributed by atoms with Crippen molar-refractivity contribution in [3.05, 3.63) is 0 Å². The summed E-state index contributed by atoms with van der Waals surface area (Å²) in [6.07, 6.45) is 0.749. The van der Waals surface area contributed by atoms with Crippen LogP contribution in [0.5, 0.6) is 0 Å². The Balaban J connectivity index is 3.66. The van der Waals surface area contributed by atoms with Crippen molar-refractivity contribution in [1.82, 2.24) is 5.32 Å². The van der Waals surface area contributed by atoms with Crippen molar-refractivity contribution in [3.63, 3.8) is 0 Å². The van der Waals surface area contributed by atoms with Gasteiger partial charge in [0.1, 0.15) is 13.2 Å². The highest BCUT2D eigenvalue weighted by Crippen LogP contribution is 1.91. The van der Waals surface area contributed by atoms with Crippen molar-refractivity contribution in [2.24, 2.45) is 0 Å². The summed E-state index contributed by atoms with van der Waals surface area (Å²) in [5.41, 5.74) is 0. The van der Waals surface area contributed by atoms with Crippen molar-refractivity contribution in [2.75, 3.05) is 26.9 Å². The van der Waals surface area contributed by atoms with Crippen molar-refractivity contribution in [3.8, 4) is 0 Å². The molecule has 0 aromatic carbocycles. The quantitative estimate of drug-likeness (QED) is 0.581. The first-order chi connectivity index (χ1) is 7.10. The SMILES string of the molecule is CCC(COC)NC(=O)COCC(=O)O. The molecule has 0 aromatic heterocycles. The molecule has 0 aromatic rings. The Kier molecular flexibility index (Phi) is 7.57. The van der Waals surface area contributed by atoms with Crippen LogP contribution in [0.4, 0.5) is 0 Å². The molecule has 0 saturated carbocycles. The minimum atomic E-state index is -1.09. The zero-order valence-corrected chi connectivity index (χ0v) is 8.99. The maximum absolute atomic E-state index is 11.2. The largest absolute Gasteiger partial charge is 0.480 e. The van der Waals surface area contributed by atoms with Crippen molar-refractivity contribution >= 4 is 11.9 Å². The fourth-order valence-electron chi connectivity index (χ4n) is 0.963. The zero-order valence-electron chi connectivity index (χ0n) is 8.99. The van der Waals surface area contributed by atoms with E-state index >= 15 is 0 Å². The van der Waals surface area contributed by atoms with E-state index in [-0.39, 0.29) is 18.6 Å². The standard InChI is InChI=1S/C9H17NO5/c1-3-7(4-14-2)10-8(11)5-15-6-9(12)13/h7H,3-6H2,1-2H3,(H,10,11)(H,12,13). The number of carboxylic acids is 1. The van der Waals surface area contributed by atoms with Gasteiger partial charge in [-0.25, -0.2) is 4.79 Å². The van der Waals surface area contributed by atoms with Gasteiger partial charge in [-0.1, -0.05) is 6.92 Å². The lowest BCUT2D eigenvalue weighted by Crippen LogP contribution is -2.39. The molecule has 0 radical (unpaired) electrons. The number of ether oxygens (including phenoxy) is 2. The molecule has 0 fully saturated rings. The van der Waals surface area contributed by atoms with Crippen LogP contribution in [0.3, 0.4) is 0 Å². The predicted molar refractivity (Wildman–Crippen MR) is 52.6 cm³/mol. The van der Waals surface area contributed by atoms with Gasteiger partial charge in [0.05, 0.1) is 12.6 Å². The number of rotatable bonds is 8. The van der Waals surface area contributed by atoms with Crippen LogP contribution in [0, 0.1) is 0 Å². The molecule has 2 N–H and O–H groups in total. The molecule has 0 aliphatic rings. The number of hydrogen-bond donors (Lipinski definition) is 2. The number of methoxy groups -OCH3 is 1. The van der Waals surface area contributed by atoms with Crippen molar-refractivity contribution < 1.29 is 24.2 Å². The number of hydrogen-bond acceptors (Lipinski definition) is 4.